The zero-order valence-corrected chi connectivity index (χ0v) is 25.6. The molecule has 0 amide bonds. The highest BCUT2D eigenvalue weighted by Crippen LogP contribution is 2.43. The molecule has 224 valence electrons. The Morgan fingerprint density at radius 3 is 1.77 bits per heavy atom. The Morgan fingerprint density at radius 1 is 0.333 bits per heavy atom. The van der Waals surface area contributed by atoms with Gasteiger partial charge in [0.05, 0.1) is 0 Å². The summed E-state index contributed by atoms with van der Waals surface area (Å²) in [4.78, 5) is 15.3. The molecule has 0 fully saturated rings. The Bertz CT molecular complexity index is 2840. The van der Waals surface area contributed by atoms with Crippen LogP contribution < -0.4 is 0 Å². The van der Waals surface area contributed by atoms with Crippen molar-refractivity contribution in [3.63, 3.8) is 0 Å². The molecular weight excluding hydrogens is 590 g/mol. The van der Waals surface area contributed by atoms with E-state index in [0.717, 1.165) is 82.5 Å². The van der Waals surface area contributed by atoms with Gasteiger partial charge in [-0.25, -0.2) is 15.0 Å². The molecule has 5 nitrogen and oxygen atoms in total. The third-order valence-corrected chi connectivity index (χ3v) is 9.13. The molecule has 5 heteroatoms. The van der Waals surface area contributed by atoms with Gasteiger partial charge in [-0.15, -0.1) is 0 Å². The van der Waals surface area contributed by atoms with Gasteiger partial charge in [0.2, 0.25) is 0 Å². The molecule has 3 heterocycles. The molecule has 0 unspecified atom stereocenters. The first-order valence-corrected chi connectivity index (χ1v) is 15.9. The SMILES string of the molecule is c1ccc(-c2nc(-c3ccc4oc5ccccc5c4c3)nc(-c3cccc4oc5c6ccccc6c(-c6ccccc6)cc5c34)n2)cc1. The number of furan rings is 2. The molecule has 0 radical (unpaired) electrons. The average molecular weight is 616 g/mol. The predicted molar refractivity (Wildman–Crippen MR) is 194 cm³/mol. The first-order valence-electron chi connectivity index (χ1n) is 15.9. The van der Waals surface area contributed by atoms with E-state index < -0.39 is 0 Å². The molecule has 0 spiro atoms. The number of para-hydroxylation sites is 1. The van der Waals surface area contributed by atoms with Gasteiger partial charge in [0.1, 0.15) is 22.3 Å². The highest BCUT2D eigenvalue weighted by molar-refractivity contribution is 6.22. The number of aromatic nitrogens is 3. The summed E-state index contributed by atoms with van der Waals surface area (Å²) in [7, 11) is 0. The summed E-state index contributed by atoms with van der Waals surface area (Å²) in [6.07, 6.45) is 0. The Hall–Kier alpha value is -6.59. The molecule has 3 aromatic heterocycles. The minimum Gasteiger partial charge on any atom is -0.456 e. The first kappa shape index (κ1) is 26.6. The Morgan fingerprint density at radius 2 is 0.958 bits per heavy atom. The summed E-state index contributed by atoms with van der Waals surface area (Å²) < 4.78 is 12.8. The second-order valence-corrected chi connectivity index (χ2v) is 12.0. The van der Waals surface area contributed by atoms with E-state index in [2.05, 4.69) is 72.8 Å². The lowest BCUT2D eigenvalue weighted by molar-refractivity contribution is 0.669. The standard InChI is InChI=1S/C43H25N3O2/c1-3-12-26(13-4-1)33-25-35-39-32(19-11-21-38(39)48-40(35)31-18-8-7-16-29(31)33)43-45-41(27-14-5-2-6-15-27)44-42(46-43)28-22-23-37-34(24-28)30-17-9-10-20-36(30)47-37/h1-25H. The molecular formula is C43H25N3O2. The van der Waals surface area contributed by atoms with Gasteiger partial charge in [-0.3, -0.25) is 0 Å². The smallest absolute Gasteiger partial charge is 0.164 e. The third-order valence-electron chi connectivity index (χ3n) is 9.13. The van der Waals surface area contributed by atoms with Crippen molar-refractivity contribution in [3.8, 4) is 45.3 Å². The van der Waals surface area contributed by atoms with Crippen LogP contribution in [0.15, 0.2) is 160 Å². The van der Waals surface area contributed by atoms with Crippen molar-refractivity contribution in [3.05, 3.63) is 152 Å². The number of hydrogen-bond donors (Lipinski definition) is 0. The molecule has 0 bridgehead atoms. The van der Waals surface area contributed by atoms with Crippen LogP contribution in [0.25, 0.3) is 99.9 Å². The van der Waals surface area contributed by atoms with E-state index in [1.165, 1.54) is 0 Å². The van der Waals surface area contributed by atoms with Crippen molar-refractivity contribution in [2.24, 2.45) is 0 Å². The lowest BCUT2D eigenvalue weighted by Gasteiger charge is -2.10. The normalized spacial score (nSPS) is 11.8. The van der Waals surface area contributed by atoms with E-state index >= 15 is 0 Å². The molecule has 10 rings (SSSR count). The fourth-order valence-corrected chi connectivity index (χ4v) is 6.90. The van der Waals surface area contributed by atoms with Gasteiger partial charge in [-0.1, -0.05) is 115 Å². The summed E-state index contributed by atoms with van der Waals surface area (Å²) >= 11 is 0. The summed E-state index contributed by atoms with van der Waals surface area (Å²) in [5.41, 5.74) is 8.30. The van der Waals surface area contributed by atoms with Gasteiger partial charge < -0.3 is 8.83 Å². The van der Waals surface area contributed by atoms with Gasteiger partial charge in [0.25, 0.3) is 0 Å². The van der Waals surface area contributed by atoms with Gasteiger partial charge in [0, 0.05) is 43.6 Å². The molecule has 0 saturated carbocycles. The topological polar surface area (TPSA) is 65.0 Å². The van der Waals surface area contributed by atoms with Crippen LogP contribution in [0.4, 0.5) is 0 Å². The Balaban J connectivity index is 1.25. The van der Waals surface area contributed by atoms with Crippen LogP contribution in [0.1, 0.15) is 0 Å². The molecule has 0 aliphatic carbocycles. The van der Waals surface area contributed by atoms with Crippen molar-refractivity contribution in [1.82, 2.24) is 15.0 Å². The number of benzene rings is 7. The number of rotatable bonds is 4. The quantitative estimate of drug-likeness (QED) is 0.197. The molecule has 48 heavy (non-hydrogen) atoms. The van der Waals surface area contributed by atoms with E-state index in [1.54, 1.807) is 0 Å². The number of fused-ring (bicyclic) bond motifs is 8. The Labute approximate surface area is 274 Å². The molecule has 0 aliphatic heterocycles. The van der Waals surface area contributed by atoms with Crippen molar-refractivity contribution in [2.45, 2.75) is 0 Å². The number of nitrogens with zero attached hydrogens (tertiary/aromatic N) is 3. The second-order valence-electron chi connectivity index (χ2n) is 12.0. The van der Waals surface area contributed by atoms with Gasteiger partial charge in [0.15, 0.2) is 17.5 Å². The van der Waals surface area contributed by atoms with Gasteiger partial charge >= 0.3 is 0 Å². The van der Waals surface area contributed by atoms with Crippen molar-refractivity contribution in [1.29, 1.82) is 0 Å². The summed E-state index contributed by atoms with van der Waals surface area (Å²) in [5, 5.41) is 6.29. The van der Waals surface area contributed by atoms with Crippen molar-refractivity contribution in [2.75, 3.05) is 0 Å². The highest BCUT2D eigenvalue weighted by Gasteiger charge is 2.21. The second kappa shape index (κ2) is 10.5. The van der Waals surface area contributed by atoms with E-state index in [4.69, 9.17) is 23.8 Å². The zero-order chi connectivity index (χ0) is 31.6. The molecule has 7 aromatic carbocycles. The maximum Gasteiger partial charge on any atom is 0.164 e. The summed E-state index contributed by atoms with van der Waals surface area (Å²) in [5.74, 6) is 1.78. The Kier molecular flexibility index (Phi) is 5.81. The predicted octanol–water partition coefficient (Wildman–Crippen LogP) is 11.5. The van der Waals surface area contributed by atoms with Crippen LogP contribution in [0, 0.1) is 0 Å². The van der Waals surface area contributed by atoms with Crippen LogP contribution in [0.2, 0.25) is 0 Å². The molecule has 0 aliphatic rings. The molecule has 0 N–H and O–H groups in total. The minimum absolute atomic E-state index is 0.582. The monoisotopic (exact) mass is 615 g/mol. The minimum atomic E-state index is 0.582. The van der Waals surface area contributed by atoms with Crippen molar-refractivity contribution >= 4 is 54.6 Å². The van der Waals surface area contributed by atoms with Crippen LogP contribution in [0.5, 0.6) is 0 Å². The van der Waals surface area contributed by atoms with E-state index in [-0.39, 0.29) is 0 Å². The lowest BCUT2D eigenvalue weighted by Crippen LogP contribution is -2.00. The fraction of sp³-hybridized carbons (Fsp3) is 0. The van der Waals surface area contributed by atoms with Crippen LogP contribution >= 0.6 is 0 Å². The highest BCUT2D eigenvalue weighted by atomic mass is 16.3. The van der Waals surface area contributed by atoms with E-state index in [9.17, 15) is 0 Å². The van der Waals surface area contributed by atoms with Crippen LogP contribution in [0.3, 0.4) is 0 Å². The molecule has 10 aromatic rings. The summed E-state index contributed by atoms with van der Waals surface area (Å²) in [6, 6.07) is 51.6. The maximum atomic E-state index is 6.65. The number of hydrogen-bond acceptors (Lipinski definition) is 5. The van der Waals surface area contributed by atoms with Crippen molar-refractivity contribution < 1.29 is 8.83 Å². The largest absolute Gasteiger partial charge is 0.456 e. The average Bonchev–Trinajstić information content (AvgIpc) is 3.73. The first-order chi connectivity index (χ1) is 23.8. The van der Waals surface area contributed by atoms with E-state index in [0.29, 0.717) is 17.5 Å². The molecule has 0 atom stereocenters. The van der Waals surface area contributed by atoms with Gasteiger partial charge in [-0.2, -0.15) is 0 Å². The summed E-state index contributed by atoms with van der Waals surface area (Å²) in [6.45, 7) is 0. The van der Waals surface area contributed by atoms with Crippen LogP contribution in [-0.2, 0) is 0 Å². The van der Waals surface area contributed by atoms with E-state index in [1.807, 2.05) is 78.9 Å². The lowest BCUT2D eigenvalue weighted by atomic mass is 9.94. The van der Waals surface area contributed by atoms with Gasteiger partial charge in [-0.05, 0) is 52.9 Å². The zero-order valence-electron chi connectivity index (χ0n) is 25.6. The fourth-order valence-electron chi connectivity index (χ4n) is 6.90. The molecule has 0 saturated heterocycles. The third kappa shape index (κ3) is 4.15. The maximum absolute atomic E-state index is 6.65. The van der Waals surface area contributed by atoms with Crippen LogP contribution in [-0.4, -0.2) is 15.0 Å².